The number of nitrogens with two attached hydrogens (primary N) is 1. The molecule has 0 aliphatic rings. The van der Waals surface area contributed by atoms with Crippen LogP contribution in [-0.4, -0.2) is 23.6 Å². The van der Waals surface area contributed by atoms with Gasteiger partial charge in [0.1, 0.15) is 11.6 Å². The van der Waals surface area contributed by atoms with Crippen LogP contribution in [0.15, 0.2) is 36.5 Å². The van der Waals surface area contributed by atoms with Crippen molar-refractivity contribution in [1.29, 1.82) is 0 Å². The van der Waals surface area contributed by atoms with Crippen molar-refractivity contribution in [3.8, 4) is 0 Å². The summed E-state index contributed by atoms with van der Waals surface area (Å²) in [5.74, 6) is 1.73. The Balaban J connectivity index is 2.11. The molecule has 0 aliphatic carbocycles. The summed E-state index contributed by atoms with van der Waals surface area (Å²) in [6.45, 7) is 3.51. The van der Waals surface area contributed by atoms with Gasteiger partial charge in [0.15, 0.2) is 0 Å². The molecule has 0 radical (unpaired) electrons. The quantitative estimate of drug-likeness (QED) is 0.888. The van der Waals surface area contributed by atoms with Crippen molar-refractivity contribution in [2.75, 3.05) is 18.5 Å². The van der Waals surface area contributed by atoms with E-state index in [1.807, 2.05) is 13.1 Å². The summed E-state index contributed by atoms with van der Waals surface area (Å²) in [7, 11) is 2.04. The normalized spacial score (nSPS) is 10.5. The summed E-state index contributed by atoms with van der Waals surface area (Å²) in [6, 6.07) is 10.4. The Morgan fingerprint density at radius 3 is 2.84 bits per heavy atom. The van der Waals surface area contributed by atoms with E-state index in [1.54, 1.807) is 6.20 Å². The smallest absolute Gasteiger partial charge is 0.132 e. The molecular weight excluding hydrogens is 236 g/mol. The highest BCUT2D eigenvalue weighted by Crippen LogP contribution is 2.13. The summed E-state index contributed by atoms with van der Waals surface area (Å²) in [6.07, 6.45) is 2.51. The van der Waals surface area contributed by atoms with Gasteiger partial charge >= 0.3 is 0 Å². The summed E-state index contributed by atoms with van der Waals surface area (Å²) in [5, 5.41) is 0. The van der Waals surface area contributed by atoms with Crippen LogP contribution in [0.2, 0.25) is 0 Å². The van der Waals surface area contributed by atoms with Crippen LogP contribution in [0.4, 0.5) is 5.82 Å². The zero-order valence-corrected chi connectivity index (χ0v) is 11.5. The Hall–Kier alpha value is -1.94. The van der Waals surface area contributed by atoms with Crippen LogP contribution in [0, 0.1) is 6.92 Å². The van der Waals surface area contributed by atoms with E-state index in [4.69, 9.17) is 5.73 Å². The molecule has 0 saturated carbocycles. The number of hydrogen-bond donors (Lipinski definition) is 1. The molecule has 0 bridgehead atoms. The molecule has 1 aromatic heterocycles. The highest BCUT2D eigenvalue weighted by Gasteiger charge is 2.05. The molecule has 100 valence electrons. The third-order valence-corrected chi connectivity index (χ3v) is 2.95. The van der Waals surface area contributed by atoms with E-state index in [0.717, 1.165) is 18.2 Å². The van der Waals surface area contributed by atoms with Gasteiger partial charge < -0.3 is 10.6 Å². The number of hydrogen-bond acceptors (Lipinski definition) is 4. The molecule has 0 amide bonds. The monoisotopic (exact) mass is 256 g/mol. The maximum atomic E-state index is 5.53. The number of aromatic nitrogens is 2. The summed E-state index contributed by atoms with van der Waals surface area (Å²) in [5.41, 5.74) is 8.09. The maximum Gasteiger partial charge on any atom is 0.132 e. The predicted molar refractivity (Wildman–Crippen MR) is 78.1 cm³/mol. The molecule has 0 aliphatic heterocycles. The first kappa shape index (κ1) is 13.5. The van der Waals surface area contributed by atoms with Crippen LogP contribution in [0.1, 0.15) is 17.0 Å². The van der Waals surface area contributed by atoms with Gasteiger partial charge in [0.2, 0.25) is 0 Å². The minimum Gasteiger partial charge on any atom is -0.355 e. The van der Waals surface area contributed by atoms with Gasteiger partial charge in [-0.2, -0.15) is 0 Å². The van der Waals surface area contributed by atoms with E-state index in [9.17, 15) is 0 Å². The third-order valence-electron chi connectivity index (χ3n) is 2.95. The number of anilines is 1. The molecule has 0 fully saturated rings. The van der Waals surface area contributed by atoms with E-state index in [2.05, 4.69) is 46.1 Å². The van der Waals surface area contributed by atoms with E-state index in [0.29, 0.717) is 13.0 Å². The Morgan fingerprint density at radius 1 is 1.26 bits per heavy atom. The molecule has 2 N–H and O–H groups in total. The molecule has 1 heterocycles. The predicted octanol–water partition coefficient (Wildman–Crippen LogP) is 1.92. The fourth-order valence-corrected chi connectivity index (χ4v) is 2.02. The van der Waals surface area contributed by atoms with Gasteiger partial charge in [-0.3, -0.25) is 0 Å². The Bertz CT molecular complexity index is 539. The number of aryl methyl sites for hydroxylation is 1. The molecule has 2 aromatic rings. The molecule has 0 atom stereocenters. The van der Waals surface area contributed by atoms with Gasteiger partial charge in [-0.25, -0.2) is 9.97 Å². The van der Waals surface area contributed by atoms with Crippen molar-refractivity contribution in [3.05, 3.63) is 53.5 Å². The topological polar surface area (TPSA) is 55.0 Å². The van der Waals surface area contributed by atoms with Crippen LogP contribution in [0.5, 0.6) is 0 Å². The van der Waals surface area contributed by atoms with Crippen molar-refractivity contribution in [2.45, 2.75) is 19.9 Å². The lowest BCUT2D eigenvalue weighted by Crippen LogP contribution is -2.19. The average molecular weight is 256 g/mol. The zero-order valence-electron chi connectivity index (χ0n) is 11.5. The third kappa shape index (κ3) is 3.76. The fourth-order valence-electron chi connectivity index (χ4n) is 2.02. The lowest BCUT2D eigenvalue weighted by atomic mass is 10.1. The number of nitrogens with zero attached hydrogens (tertiary/aromatic N) is 3. The number of benzene rings is 1. The van der Waals surface area contributed by atoms with E-state index in [-0.39, 0.29) is 0 Å². The molecule has 0 saturated heterocycles. The SMILES string of the molecule is Cc1cccc(CN(C)c2ccnc(CCN)n2)c1. The molecule has 4 heteroatoms. The molecule has 0 spiro atoms. The first-order chi connectivity index (χ1) is 9.19. The van der Waals surface area contributed by atoms with Crippen molar-refractivity contribution in [1.82, 2.24) is 9.97 Å². The Kier molecular flexibility index (Phi) is 4.47. The maximum absolute atomic E-state index is 5.53. The van der Waals surface area contributed by atoms with Crippen LogP contribution in [0.25, 0.3) is 0 Å². The van der Waals surface area contributed by atoms with Crippen LogP contribution < -0.4 is 10.6 Å². The molecule has 0 unspecified atom stereocenters. The van der Waals surface area contributed by atoms with Gasteiger partial charge in [-0.15, -0.1) is 0 Å². The first-order valence-electron chi connectivity index (χ1n) is 6.47. The second-order valence-electron chi connectivity index (χ2n) is 4.71. The van der Waals surface area contributed by atoms with Crippen LogP contribution >= 0.6 is 0 Å². The molecular formula is C15H20N4. The van der Waals surface area contributed by atoms with Crippen LogP contribution in [-0.2, 0) is 13.0 Å². The highest BCUT2D eigenvalue weighted by atomic mass is 15.2. The first-order valence-corrected chi connectivity index (χ1v) is 6.47. The highest BCUT2D eigenvalue weighted by molar-refractivity contribution is 5.38. The van der Waals surface area contributed by atoms with E-state index >= 15 is 0 Å². The average Bonchev–Trinajstić information content (AvgIpc) is 2.39. The summed E-state index contributed by atoms with van der Waals surface area (Å²) in [4.78, 5) is 10.9. The molecule has 4 nitrogen and oxygen atoms in total. The lowest BCUT2D eigenvalue weighted by Gasteiger charge is -2.18. The zero-order chi connectivity index (χ0) is 13.7. The number of rotatable bonds is 5. The van der Waals surface area contributed by atoms with Crippen LogP contribution in [0.3, 0.4) is 0 Å². The van der Waals surface area contributed by atoms with Gasteiger partial charge in [0.25, 0.3) is 0 Å². The van der Waals surface area contributed by atoms with E-state index in [1.165, 1.54) is 11.1 Å². The second-order valence-corrected chi connectivity index (χ2v) is 4.71. The molecule has 1 aromatic carbocycles. The molecule has 19 heavy (non-hydrogen) atoms. The van der Waals surface area contributed by atoms with Crippen molar-refractivity contribution >= 4 is 5.82 Å². The van der Waals surface area contributed by atoms with Gasteiger partial charge in [-0.1, -0.05) is 29.8 Å². The van der Waals surface area contributed by atoms with Gasteiger partial charge in [-0.05, 0) is 25.1 Å². The van der Waals surface area contributed by atoms with Crippen molar-refractivity contribution < 1.29 is 0 Å². The van der Waals surface area contributed by atoms with Crippen molar-refractivity contribution in [2.24, 2.45) is 5.73 Å². The standard InChI is InChI=1S/C15H20N4/c1-12-4-3-5-13(10-12)11-19(2)15-7-9-17-14(18-15)6-8-16/h3-5,7,9-10H,6,8,11,16H2,1-2H3. The second kappa shape index (κ2) is 6.29. The summed E-state index contributed by atoms with van der Waals surface area (Å²) >= 11 is 0. The van der Waals surface area contributed by atoms with Gasteiger partial charge in [0, 0.05) is 26.2 Å². The Labute approximate surface area is 114 Å². The van der Waals surface area contributed by atoms with Crippen molar-refractivity contribution in [3.63, 3.8) is 0 Å². The fraction of sp³-hybridized carbons (Fsp3) is 0.333. The van der Waals surface area contributed by atoms with Gasteiger partial charge in [0.05, 0.1) is 0 Å². The Morgan fingerprint density at radius 2 is 2.11 bits per heavy atom. The minimum atomic E-state index is 0.574. The largest absolute Gasteiger partial charge is 0.355 e. The van der Waals surface area contributed by atoms with E-state index < -0.39 is 0 Å². The lowest BCUT2D eigenvalue weighted by molar-refractivity contribution is 0.832. The minimum absolute atomic E-state index is 0.574. The summed E-state index contributed by atoms with van der Waals surface area (Å²) < 4.78 is 0. The molecule has 2 rings (SSSR count).